The number of rotatable bonds is 4. The Morgan fingerprint density at radius 3 is 2.72 bits per heavy atom. The Morgan fingerprint density at radius 2 is 2.14 bits per heavy atom. The van der Waals surface area contributed by atoms with Crippen LogP contribution in [-0.4, -0.2) is 33.1 Å². The number of imide groups is 1. The van der Waals surface area contributed by atoms with Crippen LogP contribution in [-0.2, 0) is 4.79 Å². The number of thioether (sulfide) groups is 1. The molecule has 0 spiro atoms. The van der Waals surface area contributed by atoms with Gasteiger partial charge in [0.15, 0.2) is 0 Å². The van der Waals surface area contributed by atoms with Crippen LogP contribution >= 0.6 is 39.3 Å². The highest BCUT2D eigenvalue weighted by Gasteiger charge is 2.32. The van der Waals surface area contributed by atoms with Crippen molar-refractivity contribution in [2.45, 2.75) is 20.0 Å². The molecule has 7 nitrogen and oxygen atoms in total. The number of anilines is 1. The predicted octanol–water partition coefficient (Wildman–Crippen LogP) is 4.73. The fraction of sp³-hybridized carbons (Fsp3) is 0.222. The number of hydrogen-bond donors (Lipinski definition) is 1. The van der Waals surface area contributed by atoms with Gasteiger partial charge in [-0.05, 0) is 70.8 Å². The summed E-state index contributed by atoms with van der Waals surface area (Å²) in [6.07, 6.45) is 2.29. The second-order valence-electron chi connectivity index (χ2n) is 6.20. The second-order valence-corrected chi connectivity index (χ2v) is 8.32. The van der Waals surface area contributed by atoms with Crippen LogP contribution in [0.4, 0.5) is 15.0 Å². The van der Waals surface area contributed by atoms with Crippen LogP contribution in [0.2, 0.25) is 5.28 Å². The smallest absolute Gasteiger partial charge is 0.293 e. The molecule has 1 saturated heterocycles. The van der Waals surface area contributed by atoms with Gasteiger partial charge in [-0.3, -0.25) is 14.5 Å². The number of nitrogen functional groups attached to an aromatic ring is 1. The summed E-state index contributed by atoms with van der Waals surface area (Å²) in [4.78, 5) is 32.8. The maximum Gasteiger partial charge on any atom is 0.293 e. The van der Waals surface area contributed by atoms with Crippen molar-refractivity contribution in [1.82, 2.24) is 14.9 Å². The Bertz CT molecular complexity index is 1070. The second kappa shape index (κ2) is 8.29. The molecule has 0 aliphatic carbocycles. The largest absolute Gasteiger partial charge is 0.485 e. The van der Waals surface area contributed by atoms with Crippen molar-refractivity contribution in [2.75, 3.05) is 12.8 Å². The monoisotopic (exact) mass is 500 g/mol. The number of hydrogen-bond acceptors (Lipinski definition) is 7. The molecule has 152 valence electrons. The molecular weight excluding hydrogens is 487 g/mol. The summed E-state index contributed by atoms with van der Waals surface area (Å²) in [5, 5.41) is -0.385. The number of aromatic nitrogens is 2. The Labute approximate surface area is 183 Å². The molecular formula is C18H15BrClFN4O3S. The predicted molar refractivity (Wildman–Crippen MR) is 113 cm³/mol. The molecule has 1 aliphatic heterocycles. The van der Waals surface area contributed by atoms with Crippen LogP contribution in [0.15, 0.2) is 21.6 Å². The molecule has 0 bridgehead atoms. The first kappa shape index (κ1) is 21.5. The number of likely N-dealkylation sites (N-methyl/N-ethyl adjacent to an activating group) is 1. The topological polar surface area (TPSA) is 98.4 Å². The lowest BCUT2D eigenvalue weighted by Gasteiger charge is -2.19. The number of carbonyl (C=O) groups excluding carboxylic acids is 2. The van der Waals surface area contributed by atoms with Crippen molar-refractivity contribution < 1.29 is 18.7 Å². The molecule has 0 radical (unpaired) electrons. The van der Waals surface area contributed by atoms with Crippen LogP contribution in [0.5, 0.6) is 5.75 Å². The summed E-state index contributed by atoms with van der Waals surface area (Å²) < 4.78 is 20.8. The highest BCUT2D eigenvalue weighted by atomic mass is 79.9. The van der Waals surface area contributed by atoms with E-state index in [-0.39, 0.29) is 31.8 Å². The molecule has 0 saturated carbocycles. The number of halogens is 3. The van der Waals surface area contributed by atoms with E-state index in [0.717, 1.165) is 16.7 Å². The number of carbonyl (C=O) groups is 2. The molecule has 1 atom stereocenters. The molecule has 3 rings (SSSR count). The van der Waals surface area contributed by atoms with Crippen LogP contribution in [0.1, 0.15) is 29.7 Å². The molecule has 1 aromatic heterocycles. The van der Waals surface area contributed by atoms with Crippen LogP contribution in [0.3, 0.4) is 0 Å². The molecule has 2 N–H and O–H groups in total. The first-order chi connectivity index (χ1) is 13.6. The SMILES string of the molecule is Cc1c(OC(C)c2cnc(Cl)nc2N)cc(/C=C2\SC(=O)N(C)C2=O)c(Br)c1F. The lowest BCUT2D eigenvalue weighted by Crippen LogP contribution is -2.22. The van der Waals surface area contributed by atoms with E-state index in [9.17, 15) is 14.0 Å². The number of amides is 2. The van der Waals surface area contributed by atoms with Crippen molar-refractivity contribution in [3.05, 3.63) is 49.4 Å². The van der Waals surface area contributed by atoms with Crippen molar-refractivity contribution in [2.24, 2.45) is 0 Å². The van der Waals surface area contributed by atoms with Crippen molar-refractivity contribution in [1.29, 1.82) is 0 Å². The van der Waals surface area contributed by atoms with E-state index in [1.54, 1.807) is 19.9 Å². The Hall–Kier alpha value is -2.17. The zero-order valence-corrected chi connectivity index (χ0v) is 18.7. The van der Waals surface area contributed by atoms with E-state index in [4.69, 9.17) is 22.1 Å². The fourth-order valence-electron chi connectivity index (χ4n) is 2.58. The number of nitrogens with two attached hydrogens (primary N) is 1. The van der Waals surface area contributed by atoms with Gasteiger partial charge < -0.3 is 10.5 Å². The first-order valence-corrected chi connectivity index (χ1v) is 10.2. The van der Waals surface area contributed by atoms with Gasteiger partial charge >= 0.3 is 0 Å². The maximum atomic E-state index is 14.8. The fourth-order valence-corrected chi connectivity index (χ4v) is 4.06. The van der Waals surface area contributed by atoms with Crippen molar-refractivity contribution in [3.8, 4) is 5.75 Å². The molecule has 2 heterocycles. The highest BCUT2D eigenvalue weighted by molar-refractivity contribution is 9.10. The van der Waals surface area contributed by atoms with E-state index in [1.165, 1.54) is 19.3 Å². The minimum atomic E-state index is -0.595. The first-order valence-electron chi connectivity index (χ1n) is 8.24. The number of nitrogens with zero attached hydrogens (tertiary/aromatic N) is 3. The lowest BCUT2D eigenvalue weighted by atomic mass is 10.1. The number of ether oxygens (including phenoxy) is 1. The molecule has 1 aliphatic rings. The summed E-state index contributed by atoms with van der Waals surface area (Å²) in [7, 11) is 1.39. The van der Waals surface area contributed by atoms with Gasteiger partial charge in [0.1, 0.15) is 23.5 Å². The standard InChI is InChI=1S/C18H15BrClFN4O3S/c1-7-11(28-8(2)10-6-23-17(20)24-15(10)22)4-9(13(19)14(7)21)5-12-16(26)25(3)18(27)29-12/h4-6,8H,1-3H3,(H2,22,23,24)/b12-5-. The molecule has 1 aromatic carbocycles. The van der Waals surface area contributed by atoms with E-state index in [2.05, 4.69) is 25.9 Å². The molecule has 2 aromatic rings. The summed E-state index contributed by atoms with van der Waals surface area (Å²) in [5.41, 5.74) is 6.97. The summed E-state index contributed by atoms with van der Waals surface area (Å²) >= 11 is 9.71. The van der Waals surface area contributed by atoms with Gasteiger partial charge in [-0.25, -0.2) is 14.4 Å². The van der Waals surface area contributed by atoms with Crippen LogP contribution in [0, 0.1) is 12.7 Å². The van der Waals surface area contributed by atoms with Crippen LogP contribution < -0.4 is 10.5 Å². The summed E-state index contributed by atoms with van der Waals surface area (Å²) in [6.45, 7) is 3.28. The van der Waals surface area contributed by atoms with Gasteiger partial charge in [0, 0.05) is 18.8 Å². The van der Waals surface area contributed by atoms with Gasteiger partial charge in [0.25, 0.3) is 11.1 Å². The zero-order chi connectivity index (χ0) is 21.5. The average molecular weight is 502 g/mol. The lowest BCUT2D eigenvalue weighted by molar-refractivity contribution is -0.121. The zero-order valence-electron chi connectivity index (χ0n) is 15.5. The normalized spacial score (nSPS) is 16.6. The third-order valence-electron chi connectivity index (χ3n) is 4.27. The molecule has 29 heavy (non-hydrogen) atoms. The Morgan fingerprint density at radius 1 is 1.45 bits per heavy atom. The van der Waals surface area contributed by atoms with Gasteiger partial charge in [-0.1, -0.05) is 0 Å². The van der Waals surface area contributed by atoms with Gasteiger partial charge in [0.2, 0.25) is 5.28 Å². The summed E-state index contributed by atoms with van der Waals surface area (Å²) in [6, 6.07) is 1.58. The Kier molecular flexibility index (Phi) is 6.16. The quantitative estimate of drug-likeness (QED) is 0.478. The van der Waals surface area contributed by atoms with Gasteiger partial charge in [-0.2, -0.15) is 0 Å². The molecule has 1 unspecified atom stereocenters. The van der Waals surface area contributed by atoms with Gasteiger partial charge in [0.05, 0.1) is 14.9 Å². The van der Waals surface area contributed by atoms with Gasteiger partial charge in [-0.15, -0.1) is 0 Å². The van der Waals surface area contributed by atoms with E-state index in [1.807, 2.05) is 0 Å². The van der Waals surface area contributed by atoms with E-state index in [0.29, 0.717) is 11.1 Å². The minimum absolute atomic E-state index is 0.0106. The third kappa shape index (κ3) is 4.24. The highest BCUT2D eigenvalue weighted by Crippen LogP contribution is 2.38. The number of benzene rings is 1. The van der Waals surface area contributed by atoms with Crippen LogP contribution in [0.25, 0.3) is 6.08 Å². The van der Waals surface area contributed by atoms with E-state index >= 15 is 0 Å². The molecule has 1 fully saturated rings. The minimum Gasteiger partial charge on any atom is -0.485 e. The summed E-state index contributed by atoms with van der Waals surface area (Å²) in [5.74, 6) is -0.592. The van der Waals surface area contributed by atoms with E-state index < -0.39 is 23.1 Å². The maximum absolute atomic E-state index is 14.8. The molecule has 2 amide bonds. The third-order valence-corrected chi connectivity index (χ3v) is 6.21. The molecule has 11 heteroatoms. The van der Waals surface area contributed by atoms with Crippen molar-refractivity contribution in [3.63, 3.8) is 0 Å². The van der Waals surface area contributed by atoms with Crippen molar-refractivity contribution >= 4 is 62.3 Å². The Balaban J connectivity index is 1.98. The average Bonchev–Trinajstić information content (AvgIpc) is 2.90.